The van der Waals surface area contributed by atoms with E-state index in [-0.39, 0.29) is 0 Å². The van der Waals surface area contributed by atoms with Crippen LogP contribution in [0.25, 0.3) is 25.6 Å². The maximum atomic E-state index is 3.83. The van der Waals surface area contributed by atoms with Crippen LogP contribution in [0.1, 0.15) is 42.9 Å². The zero-order valence-electron chi connectivity index (χ0n) is 28.6. The van der Waals surface area contributed by atoms with Crippen molar-refractivity contribution in [2.45, 2.75) is 33.1 Å². The summed E-state index contributed by atoms with van der Waals surface area (Å²) in [6.45, 7) is 4.24. The average molecular weight is 907 g/mol. The van der Waals surface area contributed by atoms with Gasteiger partial charge in [0.1, 0.15) is 0 Å². The fourth-order valence-corrected chi connectivity index (χ4v) is 15.5. The molecule has 3 aromatic carbocycles. The minimum absolute atomic E-state index is 1.06. The van der Waals surface area contributed by atoms with Crippen molar-refractivity contribution in [3.63, 3.8) is 0 Å². The van der Waals surface area contributed by atoms with Gasteiger partial charge < -0.3 is 0 Å². The second-order valence-electron chi connectivity index (χ2n) is 12.1. The third kappa shape index (κ3) is 7.54. The number of rotatable bonds is 8. The number of hydrogen-bond donors (Lipinski definition) is 0. The summed E-state index contributed by atoms with van der Waals surface area (Å²) in [7, 11) is -2.39. The summed E-state index contributed by atoms with van der Waals surface area (Å²) in [5, 5.41) is 5.12. The van der Waals surface area contributed by atoms with Gasteiger partial charge >= 0.3 is 280 Å². The van der Waals surface area contributed by atoms with Crippen molar-refractivity contribution in [2.24, 2.45) is 0 Å². The molecular weight excluding hydrogens is 870 g/mol. The second-order valence-corrected chi connectivity index (χ2v) is 19.4. The van der Waals surface area contributed by atoms with E-state index in [2.05, 4.69) is 182 Å². The van der Waals surface area contributed by atoms with Crippen molar-refractivity contribution in [3.8, 4) is 35.7 Å². The molecule has 3 heterocycles. The molecule has 5 heteroatoms. The van der Waals surface area contributed by atoms with Crippen molar-refractivity contribution < 1.29 is 17.9 Å². The van der Waals surface area contributed by atoms with Crippen molar-refractivity contribution in [2.75, 3.05) is 0 Å². The van der Waals surface area contributed by atoms with Crippen molar-refractivity contribution in [1.29, 1.82) is 0 Å². The van der Waals surface area contributed by atoms with Gasteiger partial charge in [0.05, 0.1) is 0 Å². The first-order valence-electron chi connectivity index (χ1n) is 17.1. The van der Waals surface area contributed by atoms with Crippen LogP contribution < -0.4 is 15.9 Å². The Morgan fingerprint density at radius 2 is 1.16 bits per heavy atom. The van der Waals surface area contributed by atoms with E-state index in [4.69, 9.17) is 0 Å². The number of thiophene rings is 3. The van der Waals surface area contributed by atoms with Crippen LogP contribution >= 0.6 is 41.3 Å². The predicted octanol–water partition coefficient (Wildman–Crippen LogP) is 12.4. The van der Waals surface area contributed by atoms with Gasteiger partial charge in [-0.3, -0.25) is 0 Å². The topological polar surface area (TPSA) is 0 Å². The van der Waals surface area contributed by atoms with Gasteiger partial charge in [0.25, 0.3) is 0 Å². The van der Waals surface area contributed by atoms with Crippen LogP contribution in [-0.2, 0) is 17.9 Å². The maximum absolute atomic E-state index is 3.83. The average Bonchev–Trinajstić information content (AvgIpc) is 4.02. The molecule has 1 aliphatic rings. The Morgan fingerprint density at radius 3 is 1.73 bits per heavy atom. The summed E-state index contributed by atoms with van der Waals surface area (Å²) in [4.78, 5) is 7.52. The van der Waals surface area contributed by atoms with E-state index in [1.807, 2.05) is 40.6 Å². The second kappa shape index (κ2) is 16.6. The third-order valence-corrected chi connectivity index (χ3v) is 18.0. The Balaban J connectivity index is 1.40. The molecule has 0 spiro atoms. The van der Waals surface area contributed by atoms with Crippen LogP contribution in [0.5, 0.6) is 0 Å². The van der Waals surface area contributed by atoms with Gasteiger partial charge in [0.2, 0.25) is 0 Å². The van der Waals surface area contributed by atoms with Gasteiger partial charge in [-0.2, -0.15) is 0 Å². The van der Waals surface area contributed by atoms with Gasteiger partial charge in [0.15, 0.2) is 0 Å². The first-order chi connectivity index (χ1) is 25.1. The number of hydrogen-bond acceptors (Lipinski definition) is 3. The Kier molecular flexibility index (Phi) is 11.6. The van der Waals surface area contributed by atoms with Crippen LogP contribution in [0.3, 0.4) is 0 Å². The van der Waals surface area contributed by atoms with Crippen LogP contribution in [0.4, 0.5) is 0 Å². The molecule has 0 bridgehead atoms. The molecule has 251 valence electrons. The summed E-state index contributed by atoms with van der Waals surface area (Å²) in [5.41, 5.74) is 3.90. The van der Waals surface area contributed by atoms with E-state index in [9.17, 15) is 0 Å². The molecule has 0 radical (unpaired) electrons. The monoisotopic (exact) mass is 908 g/mol. The standard InChI is InChI=1S/C46H37PS3.Os/c1-4-16-41-27-29-43(48-41)45-31-32-46(50-45)44-30-28-42(49-44)26-25-36(33-37-18-15-17-35(37)5-2)34(3)47(38-19-9-6-10-20-38,39-21-11-7-12-22-39)40-23-13-8-14-24-40;/h4-14,16,19-24,27-33H,15,17-18H2,1-2H3;/q+1;/b16-4+,35-5?,36-34?,37-33?;. The molecule has 1 fully saturated rings. The number of benzene rings is 3. The van der Waals surface area contributed by atoms with Crippen LogP contribution in [0.2, 0.25) is 0 Å². The molecule has 0 atom stereocenters. The summed E-state index contributed by atoms with van der Waals surface area (Å²) in [5.74, 6) is 7.45. The zero-order valence-corrected chi connectivity index (χ0v) is 34.5. The Hall–Kier alpha value is -3.87. The zero-order chi connectivity index (χ0) is 35.0. The minimum atomic E-state index is -2.39. The van der Waals surface area contributed by atoms with Crippen molar-refractivity contribution >= 4 is 63.3 Å². The normalized spacial score (nSPS) is 15.2. The van der Waals surface area contributed by atoms with Crippen LogP contribution in [-0.4, -0.2) is 0 Å². The van der Waals surface area contributed by atoms with E-state index in [1.165, 1.54) is 63.2 Å². The molecule has 1 saturated carbocycles. The molecule has 51 heavy (non-hydrogen) atoms. The molecule has 0 unspecified atom stereocenters. The molecule has 6 aromatic rings. The van der Waals surface area contributed by atoms with Crippen LogP contribution in [0, 0.1) is 16.2 Å². The Bertz CT molecular complexity index is 2270. The molecule has 0 aliphatic heterocycles. The van der Waals surface area contributed by atoms with E-state index in [1.54, 1.807) is 11.3 Å². The predicted molar refractivity (Wildman–Crippen MR) is 224 cm³/mol. The van der Waals surface area contributed by atoms with E-state index in [0.29, 0.717) is 0 Å². The molecule has 1 aliphatic carbocycles. The quantitative estimate of drug-likeness (QED) is 0.105. The van der Waals surface area contributed by atoms with Crippen LogP contribution in [0.15, 0.2) is 168 Å². The Labute approximate surface area is 325 Å². The Morgan fingerprint density at radius 1 is 0.627 bits per heavy atom. The molecule has 0 N–H and O–H groups in total. The van der Waals surface area contributed by atoms with Crippen molar-refractivity contribution in [1.82, 2.24) is 0 Å². The van der Waals surface area contributed by atoms with Gasteiger partial charge in [0, 0.05) is 4.88 Å². The molecular formula is C46H37OsPS3+. The van der Waals surface area contributed by atoms with Gasteiger partial charge in [-0.15, -0.1) is 11.3 Å². The first-order valence-corrected chi connectivity index (χ1v) is 22.6. The van der Waals surface area contributed by atoms with Gasteiger partial charge in [-0.25, -0.2) is 0 Å². The molecule has 7 rings (SSSR count). The summed E-state index contributed by atoms with van der Waals surface area (Å²) in [6.07, 6.45) is 12.3. The molecule has 3 aromatic heterocycles. The molecule has 0 saturated heterocycles. The van der Waals surface area contributed by atoms with Gasteiger partial charge in [-0.1, -0.05) is 6.08 Å². The molecule has 0 nitrogen and oxygen atoms in total. The fourth-order valence-electron chi connectivity index (χ4n) is 6.71. The summed E-state index contributed by atoms with van der Waals surface area (Å²) < 4.78 is 3.83. The van der Waals surface area contributed by atoms with Gasteiger partial charge in [-0.05, 0) is 25.1 Å². The molecule has 0 amide bonds. The van der Waals surface area contributed by atoms with E-state index >= 15 is 0 Å². The fraction of sp³-hybridized carbons (Fsp3) is 0.109. The van der Waals surface area contributed by atoms with Crippen molar-refractivity contribution in [3.05, 3.63) is 177 Å². The first kappa shape index (κ1) is 35.5. The van der Waals surface area contributed by atoms with E-state index < -0.39 is 7.26 Å². The third-order valence-electron chi connectivity index (χ3n) is 9.05. The number of allylic oxidation sites excluding steroid dienone is 7. The summed E-state index contributed by atoms with van der Waals surface area (Å²) in [6, 6.07) is 46.6. The SMILES string of the molecule is CC=C1CCCC1=CC(C#Cc1ccc(-c2ccc(-c3ccc(/C=C/C)s3)s2)s1)=C([C]#[Os])[P+](c1ccccc1)(c1ccccc1)c1ccccc1. The summed E-state index contributed by atoms with van der Waals surface area (Å²) >= 11 is 7.29. The van der Waals surface area contributed by atoms with E-state index in [0.717, 1.165) is 23.3 Å².